The van der Waals surface area contributed by atoms with Gasteiger partial charge in [0.2, 0.25) is 0 Å². The summed E-state index contributed by atoms with van der Waals surface area (Å²) in [5.74, 6) is 1.59. The molecule has 2 N–H and O–H groups in total. The second kappa shape index (κ2) is 5.37. The maximum absolute atomic E-state index is 6.14. The van der Waals surface area contributed by atoms with E-state index >= 15 is 0 Å². The van der Waals surface area contributed by atoms with Gasteiger partial charge in [-0.15, -0.1) is 0 Å². The molecule has 2 aromatic rings. The van der Waals surface area contributed by atoms with Crippen LogP contribution >= 0.6 is 0 Å². The Hall–Kier alpha value is -1.68. The molecule has 20 heavy (non-hydrogen) atoms. The average molecular weight is 273 g/mol. The van der Waals surface area contributed by atoms with Crippen LogP contribution in [0.2, 0.25) is 0 Å². The zero-order chi connectivity index (χ0) is 14.9. The largest absolute Gasteiger partial charge is 0.334 e. The van der Waals surface area contributed by atoms with Gasteiger partial charge in [0.15, 0.2) is 5.82 Å². The summed E-state index contributed by atoms with van der Waals surface area (Å²) in [5.41, 5.74) is 8.26. The molecular weight excluding hydrogens is 250 g/mol. The van der Waals surface area contributed by atoms with Gasteiger partial charge in [-0.3, -0.25) is 0 Å². The molecule has 108 valence electrons. The van der Waals surface area contributed by atoms with Crippen LogP contribution in [0.4, 0.5) is 0 Å². The predicted octanol–water partition coefficient (Wildman–Crippen LogP) is 3.91. The van der Waals surface area contributed by atoms with Crippen LogP contribution in [0.15, 0.2) is 28.8 Å². The van der Waals surface area contributed by atoms with E-state index in [1.807, 2.05) is 12.1 Å². The van der Waals surface area contributed by atoms with Crippen LogP contribution in [-0.2, 0) is 0 Å². The van der Waals surface area contributed by atoms with Crippen molar-refractivity contribution < 1.29 is 4.52 Å². The van der Waals surface area contributed by atoms with Gasteiger partial charge < -0.3 is 10.3 Å². The third-order valence-corrected chi connectivity index (χ3v) is 3.48. The zero-order valence-electron chi connectivity index (χ0n) is 12.8. The van der Waals surface area contributed by atoms with Crippen LogP contribution in [0.25, 0.3) is 11.5 Å². The van der Waals surface area contributed by atoms with Gasteiger partial charge >= 0.3 is 0 Å². The van der Waals surface area contributed by atoms with Crippen molar-refractivity contribution in [2.24, 2.45) is 11.1 Å². The highest BCUT2D eigenvalue weighted by molar-refractivity contribution is 5.53. The van der Waals surface area contributed by atoms with E-state index < -0.39 is 0 Å². The van der Waals surface area contributed by atoms with Gasteiger partial charge in [-0.05, 0) is 29.0 Å². The third kappa shape index (κ3) is 3.07. The second-order valence-electron chi connectivity index (χ2n) is 6.58. The zero-order valence-corrected chi connectivity index (χ0v) is 12.8. The number of rotatable bonds is 3. The fourth-order valence-corrected chi connectivity index (χ4v) is 1.88. The van der Waals surface area contributed by atoms with Gasteiger partial charge in [0.05, 0.1) is 6.04 Å². The average Bonchev–Trinajstić information content (AvgIpc) is 2.86. The second-order valence-corrected chi connectivity index (χ2v) is 6.58. The Morgan fingerprint density at radius 1 is 1.10 bits per heavy atom. The van der Waals surface area contributed by atoms with Crippen LogP contribution in [0, 0.1) is 5.41 Å². The first-order chi connectivity index (χ1) is 9.29. The summed E-state index contributed by atoms with van der Waals surface area (Å²) in [7, 11) is 0. The Morgan fingerprint density at radius 2 is 1.70 bits per heavy atom. The molecule has 4 heteroatoms. The maximum atomic E-state index is 6.14. The van der Waals surface area contributed by atoms with Crippen molar-refractivity contribution in [3.63, 3.8) is 0 Å². The quantitative estimate of drug-likeness (QED) is 0.921. The molecule has 0 amide bonds. The summed E-state index contributed by atoms with van der Waals surface area (Å²) in [6, 6.07) is 7.96. The SMILES string of the molecule is CC(C)c1ccc(-c2nc(C(N)C(C)(C)C)no2)cc1. The van der Waals surface area contributed by atoms with Crippen molar-refractivity contribution in [2.45, 2.75) is 46.6 Å². The standard InChI is InChI=1S/C16H23N3O/c1-10(2)11-6-8-12(9-7-11)15-18-14(19-20-15)13(17)16(3,4)5/h6-10,13H,17H2,1-5H3. The number of hydrogen-bond donors (Lipinski definition) is 1. The molecular formula is C16H23N3O. The lowest BCUT2D eigenvalue weighted by atomic mass is 9.87. The summed E-state index contributed by atoms with van der Waals surface area (Å²) >= 11 is 0. The van der Waals surface area contributed by atoms with Gasteiger partial charge in [0, 0.05) is 5.56 Å². The molecule has 0 bridgehead atoms. The van der Waals surface area contributed by atoms with Crippen molar-refractivity contribution in [3.8, 4) is 11.5 Å². The Kier molecular flexibility index (Phi) is 3.95. The lowest BCUT2D eigenvalue weighted by Crippen LogP contribution is -2.27. The molecule has 0 spiro atoms. The van der Waals surface area contributed by atoms with E-state index in [4.69, 9.17) is 10.3 Å². The van der Waals surface area contributed by atoms with E-state index in [9.17, 15) is 0 Å². The van der Waals surface area contributed by atoms with Gasteiger partial charge in [-0.25, -0.2) is 0 Å². The van der Waals surface area contributed by atoms with Crippen LogP contribution in [0.1, 0.15) is 58.0 Å². The first kappa shape index (κ1) is 14.7. The summed E-state index contributed by atoms with van der Waals surface area (Å²) in [5, 5.41) is 4.01. The molecule has 0 aliphatic carbocycles. The molecule has 0 radical (unpaired) electrons. The number of nitrogens with zero attached hydrogens (tertiary/aromatic N) is 2. The molecule has 0 saturated heterocycles. The summed E-state index contributed by atoms with van der Waals surface area (Å²) in [6.45, 7) is 10.5. The molecule has 2 rings (SSSR count). The Bertz CT molecular complexity index is 564. The van der Waals surface area contributed by atoms with Crippen molar-refractivity contribution >= 4 is 0 Å². The molecule has 1 heterocycles. The fourth-order valence-electron chi connectivity index (χ4n) is 1.88. The minimum Gasteiger partial charge on any atom is -0.334 e. The molecule has 1 aromatic carbocycles. The highest BCUT2D eigenvalue weighted by atomic mass is 16.5. The van der Waals surface area contributed by atoms with Crippen molar-refractivity contribution in [2.75, 3.05) is 0 Å². The van der Waals surface area contributed by atoms with Crippen molar-refractivity contribution in [3.05, 3.63) is 35.7 Å². The van der Waals surface area contributed by atoms with E-state index in [0.717, 1.165) is 5.56 Å². The summed E-state index contributed by atoms with van der Waals surface area (Å²) in [6.07, 6.45) is 0. The van der Waals surface area contributed by atoms with Gasteiger partial charge in [0.25, 0.3) is 5.89 Å². The number of hydrogen-bond acceptors (Lipinski definition) is 4. The molecule has 0 saturated carbocycles. The lowest BCUT2D eigenvalue weighted by Gasteiger charge is -2.23. The lowest BCUT2D eigenvalue weighted by molar-refractivity contribution is 0.303. The van der Waals surface area contributed by atoms with Crippen LogP contribution in [0.5, 0.6) is 0 Å². The van der Waals surface area contributed by atoms with Crippen molar-refractivity contribution in [1.29, 1.82) is 0 Å². The topological polar surface area (TPSA) is 64.9 Å². The van der Waals surface area contributed by atoms with Crippen LogP contribution < -0.4 is 5.73 Å². The van der Waals surface area contributed by atoms with Crippen LogP contribution in [-0.4, -0.2) is 10.1 Å². The fraction of sp³-hybridized carbons (Fsp3) is 0.500. The highest BCUT2D eigenvalue weighted by Gasteiger charge is 2.27. The molecule has 4 nitrogen and oxygen atoms in total. The molecule has 1 unspecified atom stereocenters. The molecule has 0 aliphatic rings. The minimum absolute atomic E-state index is 0.0946. The maximum Gasteiger partial charge on any atom is 0.257 e. The number of nitrogens with two attached hydrogens (primary N) is 1. The number of benzene rings is 1. The van der Waals surface area contributed by atoms with Crippen molar-refractivity contribution in [1.82, 2.24) is 10.1 Å². The van der Waals surface area contributed by atoms with Gasteiger partial charge in [-0.2, -0.15) is 4.98 Å². The third-order valence-electron chi connectivity index (χ3n) is 3.48. The molecule has 1 atom stereocenters. The summed E-state index contributed by atoms with van der Waals surface area (Å²) in [4.78, 5) is 4.42. The Balaban J connectivity index is 2.24. The molecule has 0 aliphatic heterocycles. The number of aromatic nitrogens is 2. The van der Waals surface area contributed by atoms with E-state index in [-0.39, 0.29) is 11.5 Å². The van der Waals surface area contributed by atoms with E-state index in [1.165, 1.54) is 5.56 Å². The normalized spacial score (nSPS) is 13.8. The Morgan fingerprint density at radius 3 is 2.20 bits per heavy atom. The van der Waals surface area contributed by atoms with Crippen LogP contribution in [0.3, 0.4) is 0 Å². The smallest absolute Gasteiger partial charge is 0.257 e. The first-order valence-electron chi connectivity index (χ1n) is 6.98. The van der Waals surface area contributed by atoms with Gasteiger partial charge in [-0.1, -0.05) is 51.9 Å². The minimum atomic E-state index is -0.241. The molecule has 0 fully saturated rings. The van der Waals surface area contributed by atoms with E-state index in [0.29, 0.717) is 17.6 Å². The monoisotopic (exact) mass is 273 g/mol. The van der Waals surface area contributed by atoms with E-state index in [1.54, 1.807) is 0 Å². The molecule has 1 aromatic heterocycles. The predicted molar refractivity (Wildman–Crippen MR) is 80.2 cm³/mol. The Labute approximate surface area is 120 Å². The van der Waals surface area contributed by atoms with E-state index in [2.05, 4.69) is 56.9 Å². The first-order valence-corrected chi connectivity index (χ1v) is 6.98. The summed E-state index contributed by atoms with van der Waals surface area (Å²) < 4.78 is 5.33. The highest BCUT2D eigenvalue weighted by Crippen LogP contribution is 2.30. The van der Waals surface area contributed by atoms with Gasteiger partial charge in [0.1, 0.15) is 0 Å².